The Balaban J connectivity index is 4.31. The van der Waals surface area contributed by atoms with E-state index in [4.69, 9.17) is 11.2 Å². The van der Waals surface area contributed by atoms with Gasteiger partial charge in [0.25, 0.3) is 0 Å². The summed E-state index contributed by atoms with van der Waals surface area (Å²) < 4.78 is 0. The van der Waals surface area contributed by atoms with Gasteiger partial charge in [0.1, 0.15) is 0 Å². The zero-order chi connectivity index (χ0) is 10.7. The summed E-state index contributed by atoms with van der Waals surface area (Å²) >= 11 is 6.43. The molecule has 0 amide bonds. The fourth-order valence-electron chi connectivity index (χ4n) is 0.957. The summed E-state index contributed by atoms with van der Waals surface area (Å²) in [5.74, 6) is 0. The van der Waals surface area contributed by atoms with Gasteiger partial charge in [0, 0.05) is 10.7 Å². The van der Waals surface area contributed by atoms with E-state index in [0.29, 0.717) is 0 Å². The largest absolute Gasteiger partial charge is 0.278 e. The van der Waals surface area contributed by atoms with Crippen molar-refractivity contribution in [1.29, 1.82) is 0 Å². The van der Waals surface area contributed by atoms with E-state index in [0.717, 1.165) is 12.8 Å². The van der Waals surface area contributed by atoms with Crippen molar-refractivity contribution in [2.45, 2.75) is 65.1 Å². The highest BCUT2D eigenvalue weighted by Gasteiger charge is 2.31. The SMILES string of the molecule is CCC(C)(CC)P(Cl)NC(C)(C)C. The van der Waals surface area contributed by atoms with E-state index in [2.05, 4.69) is 46.6 Å². The van der Waals surface area contributed by atoms with Crippen molar-refractivity contribution in [2.75, 3.05) is 0 Å². The summed E-state index contributed by atoms with van der Waals surface area (Å²) in [6.07, 6.45) is 2.28. The van der Waals surface area contributed by atoms with Crippen LogP contribution in [0.1, 0.15) is 54.4 Å². The van der Waals surface area contributed by atoms with Gasteiger partial charge in [-0.15, -0.1) is 0 Å². The van der Waals surface area contributed by atoms with Crippen LogP contribution in [0, 0.1) is 0 Å². The summed E-state index contributed by atoms with van der Waals surface area (Å²) in [7, 11) is -0.592. The van der Waals surface area contributed by atoms with E-state index in [9.17, 15) is 0 Å². The summed E-state index contributed by atoms with van der Waals surface area (Å²) in [6.45, 7) is 13.2. The smallest absolute Gasteiger partial charge is 0.0663 e. The Morgan fingerprint density at radius 2 is 1.46 bits per heavy atom. The first kappa shape index (κ1) is 13.7. The van der Waals surface area contributed by atoms with Gasteiger partial charge < -0.3 is 0 Å². The first-order chi connectivity index (χ1) is 5.75. The lowest BCUT2D eigenvalue weighted by atomic mass is 10.1. The average Bonchev–Trinajstić information content (AvgIpc) is 2.00. The lowest BCUT2D eigenvalue weighted by Crippen LogP contribution is -2.36. The van der Waals surface area contributed by atoms with Gasteiger partial charge in [-0.1, -0.05) is 32.0 Å². The Kier molecular flexibility index (Phi) is 5.22. The lowest BCUT2D eigenvalue weighted by molar-refractivity contribution is 0.509. The van der Waals surface area contributed by atoms with Crippen molar-refractivity contribution in [2.24, 2.45) is 0 Å². The molecule has 0 aromatic carbocycles. The molecule has 3 heteroatoms. The van der Waals surface area contributed by atoms with Crippen molar-refractivity contribution < 1.29 is 0 Å². The molecular formula is C10H23ClNP. The van der Waals surface area contributed by atoms with Crippen LogP contribution in [0.15, 0.2) is 0 Å². The third-order valence-corrected chi connectivity index (χ3v) is 6.36. The van der Waals surface area contributed by atoms with E-state index >= 15 is 0 Å². The number of nitrogens with one attached hydrogen (secondary N) is 1. The summed E-state index contributed by atoms with van der Waals surface area (Å²) in [5.41, 5.74) is 0.124. The van der Waals surface area contributed by atoms with Crippen molar-refractivity contribution in [1.82, 2.24) is 5.09 Å². The summed E-state index contributed by atoms with van der Waals surface area (Å²) in [5, 5.41) is 3.76. The van der Waals surface area contributed by atoms with E-state index in [-0.39, 0.29) is 10.7 Å². The van der Waals surface area contributed by atoms with Crippen LogP contribution in [0.5, 0.6) is 0 Å². The predicted octanol–water partition coefficient (Wildman–Crippen LogP) is 4.50. The van der Waals surface area contributed by atoms with Gasteiger partial charge in [0.05, 0.1) is 7.43 Å². The molecule has 1 unspecified atom stereocenters. The Morgan fingerprint density at radius 3 is 1.69 bits per heavy atom. The quantitative estimate of drug-likeness (QED) is 0.692. The molecule has 0 spiro atoms. The van der Waals surface area contributed by atoms with Crippen LogP contribution in [-0.2, 0) is 0 Å². The molecule has 0 aliphatic rings. The zero-order valence-corrected chi connectivity index (χ0v) is 11.4. The van der Waals surface area contributed by atoms with Gasteiger partial charge in [-0.2, -0.15) is 0 Å². The second-order valence-corrected chi connectivity index (χ2v) is 7.73. The van der Waals surface area contributed by atoms with Crippen LogP contribution in [0.3, 0.4) is 0 Å². The van der Waals surface area contributed by atoms with Crippen molar-refractivity contribution in [3.05, 3.63) is 0 Å². The van der Waals surface area contributed by atoms with Gasteiger partial charge in [-0.25, -0.2) is 0 Å². The molecule has 0 aliphatic heterocycles. The molecule has 0 saturated heterocycles. The van der Waals surface area contributed by atoms with Gasteiger partial charge in [-0.05, 0) is 33.6 Å². The third-order valence-electron chi connectivity index (χ3n) is 2.43. The molecule has 0 saturated carbocycles. The molecular weight excluding hydrogens is 201 g/mol. The lowest BCUT2D eigenvalue weighted by Gasteiger charge is -2.36. The minimum absolute atomic E-state index is 0.124. The minimum Gasteiger partial charge on any atom is -0.278 e. The summed E-state index contributed by atoms with van der Waals surface area (Å²) in [6, 6.07) is 0. The second kappa shape index (κ2) is 4.96. The fraction of sp³-hybridized carbons (Fsp3) is 1.00. The van der Waals surface area contributed by atoms with Crippen LogP contribution < -0.4 is 5.09 Å². The van der Waals surface area contributed by atoms with Crippen molar-refractivity contribution in [3.63, 3.8) is 0 Å². The summed E-state index contributed by atoms with van der Waals surface area (Å²) in [4.78, 5) is 0. The first-order valence-corrected chi connectivity index (χ1v) is 7.23. The molecule has 1 N–H and O–H groups in total. The molecule has 13 heavy (non-hydrogen) atoms. The molecule has 0 aromatic rings. The molecule has 0 heterocycles. The molecule has 1 nitrogen and oxygen atoms in total. The maximum Gasteiger partial charge on any atom is 0.0663 e. The topological polar surface area (TPSA) is 12.0 Å². The monoisotopic (exact) mass is 223 g/mol. The maximum atomic E-state index is 6.43. The van der Waals surface area contributed by atoms with E-state index < -0.39 is 7.43 Å². The van der Waals surface area contributed by atoms with Crippen molar-refractivity contribution >= 4 is 18.7 Å². The highest BCUT2D eigenvalue weighted by Crippen LogP contribution is 2.55. The molecule has 0 radical (unpaired) electrons. The molecule has 0 bridgehead atoms. The third kappa shape index (κ3) is 4.63. The van der Waals surface area contributed by atoms with E-state index in [1.807, 2.05) is 0 Å². The van der Waals surface area contributed by atoms with Crippen LogP contribution in [0.25, 0.3) is 0 Å². The normalized spacial score (nSPS) is 15.9. The average molecular weight is 224 g/mol. The fourth-order valence-corrected chi connectivity index (χ4v) is 3.85. The predicted molar refractivity (Wildman–Crippen MR) is 64.6 cm³/mol. The van der Waals surface area contributed by atoms with E-state index in [1.165, 1.54) is 0 Å². The highest BCUT2D eigenvalue weighted by atomic mass is 35.7. The Labute approximate surface area is 89.2 Å². The highest BCUT2D eigenvalue weighted by molar-refractivity contribution is 7.83. The Bertz CT molecular complexity index is 149. The van der Waals surface area contributed by atoms with Crippen LogP contribution >= 0.6 is 18.7 Å². The van der Waals surface area contributed by atoms with Crippen LogP contribution in [0.4, 0.5) is 0 Å². The number of halogens is 1. The van der Waals surface area contributed by atoms with Gasteiger partial charge in [0.15, 0.2) is 0 Å². The number of hydrogen-bond donors (Lipinski definition) is 1. The first-order valence-electron chi connectivity index (χ1n) is 4.99. The molecule has 0 rings (SSSR count). The Hall–Kier alpha value is 0.680. The molecule has 0 fully saturated rings. The molecule has 0 aromatic heterocycles. The minimum atomic E-state index is -0.592. The standard InChI is InChI=1S/C10H23ClNP/c1-7-10(6,8-2)13(11)12-9(3,4)5/h12H,7-8H2,1-6H3. The maximum absolute atomic E-state index is 6.43. The zero-order valence-electron chi connectivity index (χ0n) is 9.74. The van der Waals surface area contributed by atoms with Gasteiger partial charge in [0.2, 0.25) is 0 Å². The number of rotatable bonds is 4. The molecule has 1 atom stereocenters. The molecule has 80 valence electrons. The van der Waals surface area contributed by atoms with E-state index in [1.54, 1.807) is 0 Å². The van der Waals surface area contributed by atoms with Gasteiger partial charge in [-0.3, -0.25) is 5.09 Å². The van der Waals surface area contributed by atoms with Crippen LogP contribution in [-0.4, -0.2) is 10.7 Å². The Morgan fingerprint density at radius 1 is 1.08 bits per heavy atom. The molecule has 0 aliphatic carbocycles. The van der Waals surface area contributed by atoms with Crippen molar-refractivity contribution in [3.8, 4) is 0 Å². The second-order valence-electron chi connectivity index (χ2n) is 4.85. The van der Waals surface area contributed by atoms with Crippen LogP contribution in [0.2, 0.25) is 0 Å². The number of hydrogen-bond acceptors (Lipinski definition) is 1. The van der Waals surface area contributed by atoms with Gasteiger partial charge >= 0.3 is 0 Å².